The van der Waals surface area contributed by atoms with Gasteiger partial charge in [0, 0.05) is 6.42 Å². The fraction of sp³-hybridized carbons (Fsp3) is 0.242. The molecule has 4 aromatic rings. The third-order valence-corrected chi connectivity index (χ3v) is 8.01. The van der Waals surface area contributed by atoms with Crippen LogP contribution in [0.1, 0.15) is 54.4 Å². The van der Waals surface area contributed by atoms with Gasteiger partial charge in [-0.15, -0.1) is 11.8 Å². The summed E-state index contributed by atoms with van der Waals surface area (Å²) in [5, 5.41) is 0. The molecular formula is C33H34O2S. The van der Waals surface area contributed by atoms with Crippen LogP contribution in [0, 0.1) is 0 Å². The highest BCUT2D eigenvalue weighted by atomic mass is 32.2. The molecule has 4 rings (SSSR count). The van der Waals surface area contributed by atoms with Crippen molar-refractivity contribution in [3.63, 3.8) is 0 Å². The molecule has 0 N–H and O–H groups in total. The second kappa shape index (κ2) is 13.7. The molecule has 0 fully saturated rings. The molecule has 0 atom stereocenters. The van der Waals surface area contributed by atoms with Crippen LogP contribution in [-0.2, 0) is 20.9 Å². The lowest BCUT2D eigenvalue weighted by molar-refractivity contribution is -0.145. The molecule has 0 saturated heterocycles. The maximum Gasteiger partial charge on any atom is 0.306 e. The fourth-order valence-electron chi connectivity index (χ4n) is 4.53. The molecule has 0 unspecified atom stereocenters. The van der Waals surface area contributed by atoms with E-state index < -0.39 is 0 Å². The second-order valence-electron chi connectivity index (χ2n) is 8.94. The van der Waals surface area contributed by atoms with Crippen LogP contribution < -0.4 is 0 Å². The zero-order chi connectivity index (χ0) is 24.9. The van der Waals surface area contributed by atoms with Crippen LogP contribution in [0.25, 0.3) is 0 Å². The molecule has 0 aromatic heterocycles. The molecule has 3 heteroatoms. The number of unbranched alkanes of at least 4 members (excludes halogenated alkanes) is 3. The van der Waals surface area contributed by atoms with Gasteiger partial charge in [0.15, 0.2) is 0 Å². The van der Waals surface area contributed by atoms with Gasteiger partial charge in [-0.2, -0.15) is 0 Å². The van der Waals surface area contributed by atoms with E-state index >= 15 is 0 Å². The average Bonchev–Trinajstić information content (AvgIpc) is 2.95. The van der Waals surface area contributed by atoms with Gasteiger partial charge in [-0.3, -0.25) is 4.79 Å². The molecule has 0 heterocycles. The number of esters is 1. The van der Waals surface area contributed by atoms with Crippen LogP contribution in [0.3, 0.4) is 0 Å². The first-order chi connectivity index (χ1) is 17.8. The Balaban J connectivity index is 1.33. The van der Waals surface area contributed by atoms with Crippen molar-refractivity contribution in [2.45, 2.75) is 43.5 Å². The molecule has 0 radical (unpaired) electrons. The fourth-order valence-corrected chi connectivity index (χ4v) is 6.09. The monoisotopic (exact) mass is 494 g/mol. The predicted molar refractivity (Wildman–Crippen MR) is 151 cm³/mol. The molecule has 0 bridgehead atoms. The molecule has 36 heavy (non-hydrogen) atoms. The number of thioether (sulfide) groups is 1. The zero-order valence-electron chi connectivity index (χ0n) is 20.7. The summed E-state index contributed by atoms with van der Waals surface area (Å²) < 4.78 is 5.15. The molecule has 0 amide bonds. The van der Waals surface area contributed by atoms with Crippen LogP contribution in [0.4, 0.5) is 0 Å². The Morgan fingerprint density at radius 1 is 0.583 bits per heavy atom. The highest BCUT2D eigenvalue weighted by Gasteiger charge is 2.36. The van der Waals surface area contributed by atoms with E-state index in [2.05, 4.69) is 91.0 Å². The Labute approximate surface area is 219 Å². The van der Waals surface area contributed by atoms with Crippen molar-refractivity contribution in [1.82, 2.24) is 0 Å². The third kappa shape index (κ3) is 6.89. The summed E-state index contributed by atoms with van der Waals surface area (Å²) in [5.41, 5.74) is 4.93. The van der Waals surface area contributed by atoms with Crippen molar-refractivity contribution < 1.29 is 9.53 Å². The number of carbonyl (C=O) groups is 1. The Bertz CT molecular complexity index is 1060. The van der Waals surface area contributed by atoms with Gasteiger partial charge in [0.1, 0.15) is 6.61 Å². The number of ether oxygens (including phenoxy) is 1. The summed E-state index contributed by atoms with van der Waals surface area (Å²) in [7, 11) is 0. The van der Waals surface area contributed by atoms with Crippen LogP contribution >= 0.6 is 11.8 Å². The minimum Gasteiger partial charge on any atom is -0.461 e. The summed E-state index contributed by atoms with van der Waals surface area (Å²) in [6.07, 6.45) is 4.61. The number of carbonyl (C=O) groups excluding carboxylic acids is 1. The summed E-state index contributed by atoms with van der Waals surface area (Å²) in [5.74, 6) is 0.932. The SMILES string of the molecule is O=C(CCCCCCSC(c1ccccc1)(c1ccccc1)c1ccccc1)OCc1ccccc1. The highest BCUT2D eigenvalue weighted by Crippen LogP contribution is 2.48. The Morgan fingerprint density at radius 2 is 1.03 bits per heavy atom. The minimum absolute atomic E-state index is 0.107. The van der Waals surface area contributed by atoms with Crippen LogP contribution in [0.15, 0.2) is 121 Å². The molecule has 0 aliphatic heterocycles. The standard InChI is InChI=1S/C33H34O2S/c34-32(35-27-28-17-7-3-8-18-28)25-15-1-2-16-26-36-33(29-19-9-4-10-20-29,30-21-11-5-12-22-30)31-23-13-6-14-24-31/h3-14,17-24H,1-2,15-16,25-27H2. The summed E-state index contributed by atoms with van der Waals surface area (Å²) in [4.78, 5) is 12.1. The van der Waals surface area contributed by atoms with E-state index in [4.69, 9.17) is 4.74 Å². The lowest BCUT2D eigenvalue weighted by Gasteiger charge is -2.35. The molecule has 184 valence electrons. The van der Waals surface area contributed by atoms with Gasteiger partial charge in [-0.05, 0) is 40.8 Å². The van der Waals surface area contributed by atoms with Crippen LogP contribution in [0.2, 0.25) is 0 Å². The average molecular weight is 495 g/mol. The molecular weight excluding hydrogens is 460 g/mol. The molecule has 0 aliphatic rings. The molecule has 4 aromatic carbocycles. The number of hydrogen-bond acceptors (Lipinski definition) is 3. The van der Waals surface area contributed by atoms with Gasteiger partial charge in [0.25, 0.3) is 0 Å². The van der Waals surface area contributed by atoms with Crippen molar-refractivity contribution in [3.05, 3.63) is 144 Å². The number of benzene rings is 4. The maximum absolute atomic E-state index is 12.1. The Hall–Kier alpha value is -3.30. The van der Waals surface area contributed by atoms with Crippen molar-refractivity contribution >= 4 is 17.7 Å². The third-order valence-electron chi connectivity index (χ3n) is 6.38. The second-order valence-corrected chi connectivity index (χ2v) is 10.2. The highest BCUT2D eigenvalue weighted by molar-refractivity contribution is 8.00. The van der Waals surface area contributed by atoms with E-state index in [1.807, 2.05) is 42.1 Å². The van der Waals surface area contributed by atoms with Crippen molar-refractivity contribution in [2.24, 2.45) is 0 Å². The van der Waals surface area contributed by atoms with Gasteiger partial charge in [0.05, 0.1) is 4.75 Å². The van der Waals surface area contributed by atoms with Crippen molar-refractivity contribution in [2.75, 3.05) is 5.75 Å². The lowest BCUT2D eigenvalue weighted by Crippen LogP contribution is -2.26. The summed E-state index contributed by atoms with van der Waals surface area (Å²) in [6.45, 7) is 0.358. The summed E-state index contributed by atoms with van der Waals surface area (Å²) in [6, 6.07) is 42.4. The van der Waals surface area contributed by atoms with Gasteiger partial charge >= 0.3 is 5.97 Å². The lowest BCUT2D eigenvalue weighted by atomic mass is 9.84. The molecule has 0 saturated carbocycles. The summed E-state index contributed by atoms with van der Waals surface area (Å²) >= 11 is 2.01. The first kappa shape index (κ1) is 25.8. The van der Waals surface area contributed by atoms with E-state index in [1.165, 1.54) is 16.7 Å². The van der Waals surface area contributed by atoms with Gasteiger partial charge < -0.3 is 4.74 Å². The topological polar surface area (TPSA) is 26.3 Å². The van der Waals surface area contributed by atoms with Gasteiger partial charge in [-0.25, -0.2) is 0 Å². The minimum atomic E-state index is -0.259. The normalized spacial score (nSPS) is 11.2. The van der Waals surface area contributed by atoms with E-state index in [0.29, 0.717) is 13.0 Å². The van der Waals surface area contributed by atoms with E-state index in [1.54, 1.807) is 0 Å². The predicted octanol–water partition coefficient (Wildman–Crippen LogP) is 8.41. The van der Waals surface area contributed by atoms with Crippen molar-refractivity contribution in [3.8, 4) is 0 Å². The van der Waals surface area contributed by atoms with Gasteiger partial charge in [0.2, 0.25) is 0 Å². The van der Waals surface area contributed by atoms with Crippen LogP contribution in [-0.4, -0.2) is 11.7 Å². The first-order valence-corrected chi connectivity index (χ1v) is 13.8. The van der Waals surface area contributed by atoms with E-state index in [-0.39, 0.29) is 10.7 Å². The number of rotatable bonds is 13. The van der Waals surface area contributed by atoms with Crippen LogP contribution in [0.5, 0.6) is 0 Å². The number of hydrogen-bond donors (Lipinski definition) is 0. The van der Waals surface area contributed by atoms with Gasteiger partial charge in [-0.1, -0.05) is 134 Å². The Morgan fingerprint density at radius 3 is 1.53 bits per heavy atom. The maximum atomic E-state index is 12.1. The quantitative estimate of drug-likeness (QED) is 0.106. The van der Waals surface area contributed by atoms with E-state index in [0.717, 1.165) is 37.0 Å². The van der Waals surface area contributed by atoms with Crippen molar-refractivity contribution in [1.29, 1.82) is 0 Å². The molecule has 0 spiro atoms. The first-order valence-electron chi connectivity index (χ1n) is 12.8. The molecule has 2 nitrogen and oxygen atoms in total. The zero-order valence-corrected chi connectivity index (χ0v) is 21.5. The smallest absolute Gasteiger partial charge is 0.306 e. The largest absolute Gasteiger partial charge is 0.461 e. The molecule has 0 aliphatic carbocycles. The van der Waals surface area contributed by atoms with E-state index in [9.17, 15) is 4.79 Å². The Kier molecular flexibility index (Phi) is 9.81.